The number of rotatable bonds is 21. The minimum Gasteiger partial charge on any atom is -0.368 e. The van der Waals surface area contributed by atoms with E-state index < -0.39 is 0 Å². The highest BCUT2D eigenvalue weighted by molar-refractivity contribution is 6.01. The first-order chi connectivity index (χ1) is 55.4. The summed E-state index contributed by atoms with van der Waals surface area (Å²) < 4.78 is 0. The normalized spacial score (nSPS) is 13.9. The number of nitrogens with zero attached hydrogens (tertiary/aromatic N) is 14. The van der Waals surface area contributed by atoms with Crippen LogP contribution in [-0.4, -0.2) is 136 Å². The van der Waals surface area contributed by atoms with Crippen molar-refractivity contribution in [2.75, 3.05) is 55.6 Å². The molecule has 3 aliphatic heterocycles. The number of fused-ring (bicyclic) bond motifs is 7. The highest BCUT2D eigenvalue weighted by Crippen LogP contribution is 2.34. The summed E-state index contributed by atoms with van der Waals surface area (Å²) in [5.41, 5.74) is 14.7. The van der Waals surface area contributed by atoms with E-state index >= 15 is 0 Å². The van der Waals surface area contributed by atoms with Gasteiger partial charge in [-0.3, -0.25) is 4.79 Å². The van der Waals surface area contributed by atoms with Crippen molar-refractivity contribution in [3.05, 3.63) is 128 Å². The molecule has 0 radical (unpaired) electrons. The second kappa shape index (κ2) is 43.9. The van der Waals surface area contributed by atoms with Gasteiger partial charge >= 0.3 is 0 Å². The molecule has 117 heavy (non-hydrogen) atoms. The summed E-state index contributed by atoms with van der Waals surface area (Å²) in [6.07, 6.45) is 12.5. The molecule has 9 aromatic rings. The Balaban J connectivity index is 0.000000170. The predicted molar refractivity (Wildman–Crippen MR) is 485 cm³/mol. The van der Waals surface area contributed by atoms with E-state index in [0.717, 1.165) is 185 Å². The van der Waals surface area contributed by atoms with Gasteiger partial charge in [-0.25, -0.2) is 69.8 Å². The van der Waals surface area contributed by atoms with Crippen molar-refractivity contribution in [2.45, 2.75) is 355 Å². The van der Waals surface area contributed by atoms with Crippen LogP contribution in [0.1, 0.15) is 346 Å². The van der Waals surface area contributed by atoms with E-state index in [4.69, 9.17) is 9.97 Å². The molecule has 0 atom stereocenters. The topological polar surface area (TPSA) is 334 Å². The molecule has 2 aliphatic carbocycles. The van der Waals surface area contributed by atoms with E-state index in [1.54, 1.807) is 0 Å². The number of aryl methyl sites for hydroxylation is 2. The first-order valence-electron chi connectivity index (χ1n) is 43.6. The standard InChI is InChI=1S/C14H23N3.C14H19N3.2C13H22N4.C13H21N3.C12H18N4O.C12H18N4/c2*1-9(2)13-16-12-8-6-5-7-11(12)14(17-13)15-10(3)4;1-8(2)12-16-11-5-6-14-7-10(11)13(17-12)15-9(3)4;1-8(2)12-16-11-7-14-6-5-10(11)13(17-12)15-9(3)4;1-8(2)12-15-11-7-5-6-10(11)13(16-12)14-9(3)4;1-6(2)11-14-8-5-9(17)15-10(8)12(16-11)13-7(3)4;1-7(2)11-15-9-5-6-13-10(9)12(16-11)14-8(3)4/h9-10H,5-8H2,1-4H3,(H,15,16,17);5-10H,1-4H3,(H,15,16,17);2*8-9,14H,5-7H2,1-4H3,(H,15,16,17);8-9H,5-7H2,1-4H3,(H,14,15,16);6-7H,5H2,1-4H3,(H,15,17)(H,13,14,16);5-8,13H,1-4H3,(H,14,15,16). The Morgan fingerprint density at radius 1 is 0.299 bits per heavy atom. The Morgan fingerprint density at radius 2 is 0.641 bits per heavy atom. The third-order valence-electron chi connectivity index (χ3n) is 19.3. The molecule has 0 fully saturated rings. The second-order valence-corrected chi connectivity index (χ2v) is 35.6. The van der Waals surface area contributed by atoms with Crippen molar-refractivity contribution in [1.29, 1.82) is 0 Å². The first-order valence-corrected chi connectivity index (χ1v) is 43.6. The Hall–Kier alpha value is -9.43. The Kier molecular flexibility index (Phi) is 34.9. The lowest BCUT2D eigenvalue weighted by atomic mass is 9.96. The molecule has 26 nitrogen and oxygen atoms in total. The zero-order chi connectivity index (χ0) is 85.6. The van der Waals surface area contributed by atoms with Gasteiger partial charge in [-0.05, 0) is 173 Å². The van der Waals surface area contributed by atoms with Crippen molar-refractivity contribution < 1.29 is 4.79 Å². The van der Waals surface area contributed by atoms with Gasteiger partial charge in [0, 0.05) is 155 Å². The second-order valence-electron chi connectivity index (χ2n) is 35.6. The average Bonchev–Trinajstić information content (AvgIpc) is 1.79. The molecule has 1 aromatic carbocycles. The number of amides is 1. The maximum absolute atomic E-state index is 11.4. The molecule has 11 heterocycles. The number of aromatic amines is 1. The van der Waals surface area contributed by atoms with Crippen LogP contribution in [0.2, 0.25) is 0 Å². The van der Waals surface area contributed by atoms with Crippen molar-refractivity contribution >= 4 is 74.3 Å². The number of carbonyl (C=O) groups excluding carboxylic acids is 1. The molecule has 0 bridgehead atoms. The Bertz CT molecular complexity index is 4480. The van der Waals surface area contributed by atoms with Crippen molar-refractivity contribution in [3.8, 4) is 0 Å². The molecule has 5 aliphatic rings. The number of aromatic nitrogens is 15. The van der Waals surface area contributed by atoms with Crippen LogP contribution in [0.5, 0.6) is 0 Å². The maximum atomic E-state index is 11.4. The third-order valence-corrected chi connectivity index (χ3v) is 19.3. The number of anilines is 8. The molecule has 8 aromatic heterocycles. The van der Waals surface area contributed by atoms with E-state index in [1.165, 1.54) is 58.6 Å². The van der Waals surface area contributed by atoms with E-state index in [1.807, 2.05) is 58.2 Å². The van der Waals surface area contributed by atoms with Gasteiger partial charge in [-0.15, -0.1) is 0 Å². The van der Waals surface area contributed by atoms with E-state index in [9.17, 15) is 4.79 Å². The smallest absolute Gasteiger partial charge is 0.230 e. The van der Waals surface area contributed by atoms with Crippen LogP contribution < -0.4 is 53.2 Å². The van der Waals surface area contributed by atoms with Crippen molar-refractivity contribution in [3.63, 3.8) is 0 Å². The average molecular weight is 1600 g/mol. The zero-order valence-corrected chi connectivity index (χ0v) is 76.1. The molecule has 638 valence electrons. The van der Waals surface area contributed by atoms with E-state index in [-0.39, 0.29) is 17.9 Å². The highest BCUT2D eigenvalue weighted by Gasteiger charge is 2.28. The quantitative estimate of drug-likeness (QED) is 0.0318. The SMILES string of the molecule is CC(C)Nc1nc(C(C)C)nc2c1CCC2.CC(C)Nc1nc(C(C)C)nc2c1CCCC2.CC(C)Nc1nc(C(C)C)nc2c1CCNC2.CC(C)Nc1nc(C(C)C)nc2c1CNCC2.CC(C)Nc1nc(C(C)C)nc2c1NC(=O)C2.CC(C)Nc1nc(C(C)C)nc2cc[nH]c12.CC(C)Nc1nc(C(C)C)nc2ccccc12. The van der Waals surface area contributed by atoms with Gasteiger partial charge in [0.15, 0.2) is 11.6 Å². The van der Waals surface area contributed by atoms with Crippen LogP contribution in [0.3, 0.4) is 0 Å². The lowest BCUT2D eigenvalue weighted by molar-refractivity contribution is -0.115. The van der Waals surface area contributed by atoms with Crippen LogP contribution in [0, 0.1) is 0 Å². The summed E-state index contributed by atoms with van der Waals surface area (Å²) in [4.78, 5) is 79.3. The summed E-state index contributed by atoms with van der Waals surface area (Å²) in [7, 11) is 0. The van der Waals surface area contributed by atoms with Crippen LogP contribution in [0.15, 0.2) is 36.5 Å². The lowest BCUT2D eigenvalue weighted by Crippen LogP contribution is -2.28. The van der Waals surface area contributed by atoms with Gasteiger partial charge in [-0.1, -0.05) is 109 Å². The van der Waals surface area contributed by atoms with Gasteiger partial charge < -0.3 is 58.2 Å². The fourth-order valence-electron chi connectivity index (χ4n) is 13.5. The van der Waals surface area contributed by atoms with Crippen molar-refractivity contribution in [1.82, 2.24) is 85.4 Å². The summed E-state index contributed by atoms with van der Waals surface area (Å²) in [6, 6.07) is 12.8. The fraction of sp³-hybridized carbons (Fsp3) is 0.615. The first kappa shape index (κ1) is 93.1. The molecule has 0 saturated carbocycles. The number of nitrogens with one attached hydrogen (secondary N) is 11. The molecule has 0 spiro atoms. The van der Waals surface area contributed by atoms with Gasteiger partial charge in [-0.2, -0.15) is 0 Å². The molecule has 26 heteroatoms. The number of benzene rings is 1. The molecule has 11 N–H and O–H groups in total. The highest BCUT2D eigenvalue weighted by atomic mass is 16.1. The summed E-state index contributed by atoms with van der Waals surface area (Å²) in [5, 5.41) is 34.5. The third kappa shape index (κ3) is 27.3. The number of hydrogen-bond donors (Lipinski definition) is 11. The Labute approximate surface area is 699 Å². The number of carbonyl (C=O) groups is 1. The molecule has 14 rings (SSSR count). The summed E-state index contributed by atoms with van der Waals surface area (Å²) >= 11 is 0. The van der Waals surface area contributed by atoms with Crippen LogP contribution in [0.4, 0.5) is 46.4 Å². The van der Waals surface area contributed by atoms with E-state index in [2.05, 4.69) is 290 Å². The monoisotopic (exact) mass is 1600 g/mol. The van der Waals surface area contributed by atoms with Crippen LogP contribution in [-0.2, 0) is 62.8 Å². The molecular formula is C91H143N25O. The summed E-state index contributed by atoms with van der Waals surface area (Å²) in [6.45, 7) is 63.2. The van der Waals surface area contributed by atoms with Crippen LogP contribution in [0.25, 0.3) is 21.9 Å². The number of hydrogen-bond acceptors (Lipinski definition) is 24. The van der Waals surface area contributed by atoms with Gasteiger partial charge in [0.25, 0.3) is 0 Å². The molecular weight excluding hydrogens is 1460 g/mol. The predicted octanol–water partition coefficient (Wildman–Crippen LogP) is 18.7. The van der Waals surface area contributed by atoms with Gasteiger partial charge in [0.2, 0.25) is 5.91 Å². The fourth-order valence-corrected chi connectivity index (χ4v) is 13.5. The molecule has 0 saturated heterocycles. The maximum Gasteiger partial charge on any atom is 0.230 e. The Morgan fingerprint density at radius 3 is 1.13 bits per heavy atom. The van der Waals surface area contributed by atoms with Crippen LogP contribution >= 0.6 is 0 Å². The number of para-hydroxylation sites is 1. The van der Waals surface area contributed by atoms with Gasteiger partial charge in [0.05, 0.1) is 34.5 Å². The summed E-state index contributed by atoms with van der Waals surface area (Å²) in [5.74, 6) is 15.7. The largest absolute Gasteiger partial charge is 0.368 e. The molecule has 0 unspecified atom stereocenters. The number of H-pyrrole nitrogens is 1. The van der Waals surface area contributed by atoms with Gasteiger partial charge in [0.1, 0.15) is 81.1 Å². The zero-order valence-electron chi connectivity index (χ0n) is 76.1. The minimum absolute atomic E-state index is 0.0120. The molecule has 1 amide bonds. The lowest BCUT2D eigenvalue weighted by Gasteiger charge is -2.22. The van der Waals surface area contributed by atoms with Crippen molar-refractivity contribution in [2.24, 2.45) is 0 Å². The minimum atomic E-state index is -0.0120. The van der Waals surface area contributed by atoms with E-state index in [0.29, 0.717) is 78.2 Å².